The van der Waals surface area contributed by atoms with E-state index in [1.807, 2.05) is 53.9 Å². The molecule has 0 saturated carbocycles. The van der Waals surface area contributed by atoms with Gasteiger partial charge in [0.05, 0.1) is 31.0 Å². The summed E-state index contributed by atoms with van der Waals surface area (Å²) in [4.78, 5) is 29.0. The van der Waals surface area contributed by atoms with Gasteiger partial charge < -0.3 is 24.2 Å². The van der Waals surface area contributed by atoms with E-state index in [1.54, 1.807) is 28.4 Å². The summed E-state index contributed by atoms with van der Waals surface area (Å²) in [5.41, 5.74) is 2.44. The molecule has 2 N–H and O–H groups in total. The first-order valence-electron chi connectivity index (χ1n) is 12.1. The second-order valence-corrected chi connectivity index (χ2v) is 9.49. The van der Waals surface area contributed by atoms with Crippen LogP contribution < -0.4 is 14.8 Å². The molecule has 0 aliphatic carbocycles. The van der Waals surface area contributed by atoms with E-state index < -0.39 is 12.1 Å². The summed E-state index contributed by atoms with van der Waals surface area (Å²) in [6, 6.07) is 16.3. The maximum atomic E-state index is 13.8. The van der Waals surface area contributed by atoms with E-state index in [0.717, 1.165) is 16.0 Å². The van der Waals surface area contributed by atoms with Crippen molar-refractivity contribution in [1.29, 1.82) is 0 Å². The Kier molecular flexibility index (Phi) is 9.18. The van der Waals surface area contributed by atoms with Crippen LogP contribution in [0.4, 0.5) is 10.5 Å². The summed E-state index contributed by atoms with van der Waals surface area (Å²) in [5.74, 6) is 0.322. The van der Waals surface area contributed by atoms with Crippen molar-refractivity contribution in [2.75, 3.05) is 32.2 Å². The summed E-state index contributed by atoms with van der Waals surface area (Å²) in [6.07, 6.45) is 3.22. The number of thiophene rings is 1. The molecule has 1 atom stereocenters. The van der Waals surface area contributed by atoms with Gasteiger partial charge in [-0.2, -0.15) is 0 Å². The third kappa shape index (κ3) is 6.42. The Bertz CT molecular complexity index is 1290. The van der Waals surface area contributed by atoms with Crippen molar-refractivity contribution in [2.45, 2.75) is 19.1 Å². The van der Waals surface area contributed by atoms with Crippen LogP contribution in [0.5, 0.6) is 11.5 Å². The van der Waals surface area contributed by atoms with E-state index in [4.69, 9.17) is 14.2 Å². The molecule has 0 fully saturated rings. The fraction of sp³-hybridized carbons (Fsp3) is 0.241. The van der Waals surface area contributed by atoms with Crippen LogP contribution in [0.15, 0.2) is 78.7 Å². The summed E-state index contributed by atoms with van der Waals surface area (Å²) in [6.45, 7) is 3.93. The number of hydrogen-bond acceptors (Lipinski definition) is 7. The number of carbonyl (C=O) groups is 2. The van der Waals surface area contributed by atoms with Gasteiger partial charge in [-0.3, -0.25) is 10.1 Å². The third-order valence-electron chi connectivity index (χ3n) is 6.08. The minimum Gasteiger partial charge on any atom is -0.493 e. The summed E-state index contributed by atoms with van der Waals surface area (Å²) >= 11 is 1.62. The van der Waals surface area contributed by atoms with Crippen LogP contribution in [0, 0.1) is 0 Å². The van der Waals surface area contributed by atoms with Gasteiger partial charge in [0.25, 0.3) is 5.91 Å². The van der Waals surface area contributed by atoms with Crippen molar-refractivity contribution in [2.24, 2.45) is 0 Å². The first kappa shape index (κ1) is 27.0. The van der Waals surface area contributed by atoms with Gasteiger partial charge in [0.2, 0.25) is 0 Å². The minimum atomic E-state index is -0.740. The number of carbonyl (C=O) groups excluding carboxylic acids is 2. The van der Waals surface area contributed by atoms with Crippen LogP contribution in [0.2, 0.25) is 0 Å². The molecule has 2 aromatic carbocycles. The highest BCUT2D eigenvalue weighted by molar-refractivity contribution is 7.11. The van der Waals surface area contributed by atoms with E-state index in [2.05, 4.69) is 11.9 Å². The zero-order valence-electron chi connectivity index (χ0n) is 21.1. The molecule has 0 unspecified atom stereocenters. The Morgan fingerprint density at radius 3 is 2.68 bits per heavy atom. The number of methoxy groups -OCH3 is 1. The number of ether oxygens (including phenoxy) is 3. The average Bonchev–Trinajstić information content (AvgIpc) is 3.50. The number of amides is 2. The van der Waals surface area contributed by atoms with E-state index in [9.17, 15) is 14.7 Å². The Morgan fingerprint density at radius 1 is 1.18 bits per heavy atom. The zero-order chi connectivity index (χ0) is 26.9. The molecule has 1 aliphatic rings. The lowest BCUT2D eigenvalue weighted by molar-refractivity contribution is 0.0619. The van der Waals surface area contributed by atoms with Crippen LogP contribution in [-0.2, 0) is 11.3 Å². The minimum absolute atomic E-state index is 0.0115. The van der Waals surface area contributed by atoms with Crippen molar-refractivity contribution in [3.8, 4) is 11.5 Å². The molecular formula is C29H30N2O6S. The predicted octanol–water partition coefficient (Wildman–Crippen LogP) is 5.36. The molecule has 1 aliphatic heterocycles. The standard InChI is InChI=1S/C29H30N2O6S/c1-3-13-36-29(34)30-24-17-26(37-19-20-8-5-4-6-9-20)25(35-2)16-23(24)28(33)31-12-11-21(15-22(31)18-32)27-10-7-14-38-27/h3-11,14,16-17,22,32H,1,12-13,15,18-19H2,2H3,(H,30,34)/t22-/m0/s1. The van der Waals surface area contributed by atoms with Crippen molar-refractivity contribution >= 4 is 34.6 Å². The predicted molar refractivity (Wildman–Crippen MR) is 148 cm³/mol. The molecule has 0 bridgehead atoms. The molecular weight excluding hydrogens is 504 g/mol. The highest BCUT2D eigenvalue weighted by Crippen LogP contribution is 2.37. The number of nitrogens with one attached hydrogen (secondary N) is 1. The number of anilines is 1. The molecule has 0 saturated heterocycles. The van der Waals surface area contributed by atoms with Gasteiger partial charge in [-0.25, -0.2) is 4.79 Å². The van der Waals surface area contributed by atoms with Crippen LogP contribution in [-0.4, -0.2) is 54.9 Å². The van der Waals surface area contributed by atoms with Crippen molar-refractivity contribution in [3.05, 3.63) is 94.7 Å². The monoisotopic (exact) mass is 534 g/mol. The zero-order valence-corrected chi connectivity index (χ0v) is 21.9. The van der Waals surface area contributed by atoms with E-state index in [1.165, 1.54) is 13.2 Å². The van der Waals surface area contributed by atoms with Crippen molar-refractivity contribution in [3.63, 3.8) is 0 Å². The smallest absolute Gasteiger partial charge is 0.411 e. The molecule has 9 heteroatoms. The van der Waals surface area contributed by atoms with Gasteiger partial charge in [0.15, 0.2) is 11.5 Å². The lowest BCUT2D eigenvalue weighted by Gasteiger charge is -2.34. The highest BCUT2D eigenvalue weighted by atomic mass is 32.1. The largest absolute Gasteiger partial charge is 0.493 e. The van der Waals surface area contributed by atoms with Gasteiger partial charge in [0.1, 0.15) is 13.2 Å². The molecule has 2 amide bonds. The Morgan fingerprint density at radius 2 is 2.00 bits per heavy atom. The summed E-state index contributed by atoms with van der Waals surface area (Å²) in [7, 11) is 1.48. The van der Waals surface area contributed by atoms with E-state index >= 15 is 0 Å². The molecule has 3 aromatic rings. The quantitative estimate of drug-likeness (QED) is 0.340. The summed E-state index contributed by atoms with van der Waals surface area (Å²) in [5, 5.41) is 14.8. The van der Waals surface area contributed by atoms with Crippen LogP contribution >= 0.6 is 11.3 Å². The Labute approximate surface area is 225 Å². The number of hydrogen-bond donors (Lipinski definition) is 2. The highest BCUT2D eigenvalue weighted by Gasteiger charge is 2.31. The van der Waals surface area contributed by atoms with E-state index in [0.29, 0.717) is 24.5 Å². The number of aliphatic hydroxyl groups is 1. The van der Waals surface area contributed by atoms with Crippen molar-refractivity contribution in [1.82, 2.24) is 4.90 Å². The second kappa shape index (κ2) is 12.9. The number of aliphatic hydroxyl groups excluding tert-OH is 1. The maximum absolute atomic E-state index is 13.8. The Hall–Kier alpha value is -4.08. The van der Waals surface area contributed by atoms with Gasteiger partial charge in [-0.15, -0.1) is 11.3 Å². The van der Waals surface area contributed by atoms with Crippen LogP contribution in [0.3, 0.4) is 0 Å². The van der Waals surface area contributed by atoms with Gasteiger partial charge >= 0.3 is 6.09 Å². The number of benzene rings is 2. The SMILES string of the molecule is C=CCOC(=O)Nc1cc(OCc2ccccc2)c(OC)cc1C(=O)N1CC=C(c2cccs2)C[C@H]1CO. The summed E-state index contributed by atoms with van der Waals surface area (Å²) < 4.78 is 16.6. The lowest BCUT2D eigenvalue weighted by atomic mass is 9.98. The van der Waals surface area contributed by atoms with Gasteiger partial charge in [-0.1, -0.05) is 55.1 Å². The normalized spacial score (nSPS) is 14.8. The van der Waals surface area contributed by atoms with Crippen LogP contribution in [0.25, 0.3) is 5.57 Å². The molecule has 198 valence electrons. The fourth-order valence-electron chi connectivity index (χ4n) is 4.16. The molecule has 4 rings (SSSR count). The fourth-order valence-corrected chi connectivity index (χ4v) is 4.94. The van der Waals surface area contributed by atoms with Gasteiger partial charge in [-0.05, 0) is 35.1 Å². The average molecular weight is 535 g/mol. The molecule has 1 aromatic heterocycles. The third-order valence-corrected chi connectivity index (χ3v) is 7.03. The molecule has 0 spiro atoms. The van der Waals surface area contributed by atoms with Crippen LogP contribution in [0.1, 0.15) is 27.2 Å². The topological polar surface area (TPSA) is 97.3 Å². The second-order valence-electron chi connectivity index (χ2n) is 8.54. The maximum Gasteiger partial charge on any atom is 0.411 e. The lowest BCUT2D eigenvalue weighted by Crippen LogP contribution is -2.45. The first-order chi connectivity index (χ1) is 18.5. The first-order valence-corrected chi connectivity index (χ1v) is 13.0. The number of nitrogens with zero attached hydrogens (tertiary/aromatic N) is 1. The van der Waals surface area contributed by atoms with Gasteiger partial charge in [0, 0.05) is 17.5 Å². The molecule has 38 heavy (non-hydrogen) atoms. The number of rotatable bonds is 10. The van der Waals surface area contributed by atoms with E-state index in [-0.39, 0.29) is 37.0 Å². The Balaban J connectivity index is 1.65. The molecule has 8 nitrogen and oxygen atoms in total. The molecule has 0 radical (unpaired) electrons. The molecule has 2 heterocycles. The van der Waals surface area contributed by atoms with Crippen molar-refractivity contribution < 1.29 is 28.9 Å².